The Balaban J connectivity index is 2.30. The van der Waals surface area contributed by atoms with E-state index in [1.807, 2.05) is 0 Å². The van der Waals surface area contributed by atoms with Gasteiger partial charge in [0.2, 0.25) is 0 Å². The number of nitrogens with one attached hydrogen (secondary N) is 1. The van der Waals surface area contributed by atoms with Crippen molar-refractivity contribution < 1.29 is 14.1 Å². The molecule has 0 aromatic heterocycles. The molecule has 0 saturated carbocycles. The number of carbonyl (C=O) groups is 1. The first-order valence-electron chi connectivity index (χ1n) is 5.80. The maximum Gasteiger partial charge on any atom is 0.271 e. The Bertz CT molecular complexity index is 686. The summed E-state index contributed by atoms with van der Waals surface area (Å²) in [4.78, 5) is 22.1. The molecule has 0 radical (unpaired) electrons. The van der Waals surface area contributed by atoms with Crippen molar-refractivity contribution in [2.24, 2.45) is 0 Å². The van der Waals surface area contributed by atoms with Crippen molar-refractivity contribution in [2.75, 3.05) is 5.32 Å². The van der Waals surface area contributed by atoms with Gasteiger partial charge in [0.05, 0.1) is 16.2 Å². The van der Waals surface area contributed by atoms with Gasteiger partial charge in [-0.05, 0) is 24.6 Å². The van der Waals surface area contributed by atoms with Crippen molar-refractivity contribution in [3.8, 4) is 0 Å². The first-order chi connectivity index (χ1) is 9.49. The largest absolute Gasteiger partial charge is 0.321 e. The Morgan fingerprint density at radius 2 is 1.95 bits per heavy atom. The number of nitro groups is 1. The van der Waals surface area contributed by atoms with Crippen molar-refractivity contribution in [1.82, 2.24) is 0 Å². The van der Waals surface area contributed by atoms with Gasteiger partial charge in [0.1, 0.15) is 5.82 Å². The Kier molecular flexibility index (Phi) is 3.74. The van der Waals surface area contributed by atoms with E-state index in [0.29, 0.717) is 5.56 Å². The van der Waals surface area contributed by atoms with E-state index in [4.69, 9.17) is 0 Å². The molecule has 2 rings (SSSR count). The quantitative estimate of drug-likeness (QED) is 0.689. The molecule has 0 bridgehead atoms. The predicted molar refractivity (Wildman–Crippen MR) is 72.2 cm³/mol. The molecule has 0 saturated heterocycles. The average Bonchev–Trinajstić information content (AvgIpc) is 2.41. The number of hydrogen-bond donors (Lipinski definition) is 1. The van der Waals surface area contributed by atoms with Crippen LogP contribution in [0.1, 0.15) is 15.9 Å². The minimum atomic E-state index is -0.647. The van der Waals surface area contributed by atoms with Gasteiger partial charge in [-0.2, -0.15) is 0 Å². The number of non-ortho nitro benzene ring substituents is 1. The van der Waals surface area contributed by atoms with Crippen LogP contribution in [0.2, 0.25) is 0 Å². The second kappa shape index (κ2) is 5.48. The lowest BCUT2D eigenvalue weighted by atomic mass is 10.1. The van der Waals surface area contributed by atoms with Crippen LogP contribution in [0.15, 0.2) is 42.5 Å². The van der Waals surface area contributed by atoms with Crippen LogP contribution in [-0.2, 0) is 0 Å². The molecule has 0 aliphatic heterocycles. The number of benzene rings is 2. The summed E-state index contributed by atoms with van der Waals surface area (Å²) in [5, 5.41) is 13.2. The van der Waals surface area contributed by atoms with E-state index < -0.39 is 16.6 Å². The number of halogens is 1. The Labute approximate surface area is 114 Å². The zero-order valence-electron chi connectivity index (χ0n) is 10.6. The zero-order chi connectivity index (χ0) is 14.7. The fourth-order valence-electron chi connectivity index (χ4n) is 1.69. The van der Waals surface area contributed by atoms with Crippen molar-refractivity contribution in [3.63, 3.8) is 0 Å². The molecule has 1 amide bonds. The third kappa shape index (κ3) is 2.80. The van der Waals surface area contributed by atoms with Crippen LogP contribution in [0, 0.1) is 22.9 Å². The molecule has 6 heteroatoms. The van der Waals surface area contributed by atoms with Crippen LogP contribution in [-0.4, -0.2) is 10.8 Å². The molecule has 0 unspecified atom stereocenters. The van der Waals surface area contributed by atoms with Gasteiger partial charge in [-0.25, -0.2) is 4.39 Å². The maximum absolute atomic E-state index is 13.5. The molecule has 0 spiro atoms. The van der Waals surface area contributed by atoms with E-state index in [1.165, 1.54) is 42.5 Å². The molecule has 0 aliphatic carbocycles. The van der Waals surface area contributed by atoms with E-state index >= 15 is 0 Å². The summed E-state index contributed by atoms with van der Waals surface area (Å²) in [6, 6.07) is 9.65. The lowest BCUT2D eigenvalue weighted by Gasteiger charge is -2.08. The van der Waals surface area contributed by atoms with Gasteiger partial charge < -0.3 is 5.32 Å². The smallest absolute Gasteiger partial charge is 0.271 e. The number of nitro benzene ring substituents is 1. The Hall–Kier alpha value is -2.76. The molecular weight excluding hydrogens is 263 g/mol. The number of aryl methyl sites for hydroxylation is 1. The fourth-order valence-corrected chi connectivity index (χ4v) is 1.69. The summed E-state index contributed by atoms with van der Waals surface area (Å²) >= 11 is 0. The van der Waals surface area contributed by atoms with Crippen molar-refractivity contribution in [2.45, 2.75) is 6.92 Å². The van der Waals surface area contributed by atoms with Crippen LogP contribution >= 0.6 is 0 Å². The summed E-state index contributed by atoms with van der Waals surface area (Å²) < 4.78 is 13.5. The molecule has 102 valence electrons. The van der Waals surface area contributed by atoms with E-state index in [1.54, 1.807) is 6.92 Å². The highest BCUT2D eigenvalue weighted by Crippen LogP contribution is 2.22. The minimum absolute atomic E-state index is 0.113. The van der Waals surface area contributed by atoms with Crippen LogP contribution in [0.3, 0.4) is 0 Å². The summed E-state index contributed by atoms with van der Waals surface area (Å²) in [5.41, 5.74) is 0.686. The number of amides is 1. The summed E-state index contributed by atoms with van der Waals surface area (Å²) in [6.45, 7) is 1.70. The summed E-state index contributed by atoms with van der Waals surface area (Å²) in [7, 11) is 0. The van der Waals surface area contributed by atoms with Crippen LogP contribution in [0.25, 0.3) is 0 Å². The highest BCUT2D eigenvalue weighted by molar-refractivity contribution is 6.04. The van der Waals surface area contributed by atoms with E-state index in [-0.39, 0.29) is 16.9 Å². The number of rotatable bonds is 3. The standard InChI is InChI=1S/C14H11FN2O3/c1-9-6-7-10(17(19)20)8-13(9)16-14(18)11-4-2-3-5-12(11)15/h2-8H,1H3,(H,16,18). The average molecular weight is 274 g/mol. The molecule has 0 fully saturated rings. The predicted octanol–water partition coefficient (Wildman–Crippen LogP) is 3.29. The normalized spacial score (nSPS) is 10.1. The lowest BCUT2D eigenvalue weighted by Crippen LogP contribution is -2.14. The van der Waals surface area contributed by atoms with E-state index in [2.05, 4.69) is 5.32 Å². The number of anilines is 1. The molecule has 0 atom stereocenters. The highest BCUT2D eigenvalue weighted by atomic mass is 19.1. The van der Waals surface area contributed by atoms with E-state index in [9.17, 15) is 19.3 Å². The topological polar surface area (TPSA) is 72.2 Å². The highest BCUT2D eigenvalue weighted by Gasteiger charge is 2.14. The maximum atomic E-state index is 13.5. The second-order valence-corrected chi connectivity index (χ2v) is 4.19. The third-order valence-electron chi connectivity index (χ3n) is 2.80. The van der Waals surface area contributed by atoms with Crippen molar-refractivity contribution >= 4 is 17.3 Å². The molecule has 0 aliphatic rings. The molecule has 0 heterocycles. The van der Waals surface area contributed by atoms with Gasteiger partial charge in [0, 0.05) is 12.1 Å². The Morgan fingerprint density at radius 3 is 2.60 bits per heavy atom. The molecule has 2 aromatic carbocycles. The van der Waals surface area contributed by atoms with Gasteiger partial charge in [0.15, 0.2) is 0 Å². The first kappa shape index (κ1) is 13.7. The van der Waals surface area contributed by atoms with Crippen LogP contribution < -0.4 is 5.32 Å². The first-order valence-corrected chi connectivity index (χ1v) is 5.80. The molecule has 2 aromatic rings. The van der Waals surface area contributed by atoms with Gasteiger partial charge in [0.25, 0.3) is 11.6 Å². The van der Waals surface area contributed by atoms with E-state index in [0.717, 1.165) is 0 Å². The van der Waals surface area contributed by atoms with Gasteiger partial charge >= 0.3 is 0 Å². The van der Waals surface area contributed by atoms with Crippen molar-refractivity contribution in [3.05, 3.63) is 69.5 Å². The van der Waals surface area contributed by atoms with Gasteiger partial charge in [-0.15, -0.1) is 0 Å². The molecule has 1 N–H and O–H groups in total. The molecule has 20 heavy (non-hydrogen) atoms. The monoisotopic (exact) mass is 274 g/mol. The van der Waals surface area contributed by atoms with Crippen LogP contribution in [0.4, 0.5) is 15.8 Å². The zero-order valence-corrected chi connectivity index (χ0v) is 10.6. The van der Waals surface area contributed by atoms with Gasteiger partial charge in [-0.1, -0.05) is 18.2 Å². The SMILES string of the molecule is Cc1ccc([N+](=O)[O-])cc1NC(=O)c1ccccc1F. The second-order valence-electron chi connectivity index (χ2n) is 4.19. The summed E-state index contributed by atoms with van der Waals surface area (Å²) in [6.07, 6.45) is 0. The van der Waals surface area contributed by atoms with Crippen LogP contribution in [0.5, 0.6) is 0 Å². The number of carbonyl (C=O) groups excluding carboxylic acids is 1. The van der Waals surface area contributed by atoms with Crippen molar-refractivity contribution in [1.29, 1.82) is 0 Å². The number of nitrogens with zero attached hydrogens (tertiary/aromatic N) is 1. The third-order valence-corrected chi connectivity index (χ3v) is 2.80. The fraction of sp³-hybridized carbons (Fsp3) is 0.0714. The lowest BCUT2D eigenvalue weighted by molar-refractivity contribution is -0.384. The minimum Gasteiger partial charge on any atom is -0.321 e. The Morgan fingerprint density at radius 1 is 1.25 bits per heavy atom. The summed E-state index contributed by atoms with van der Waals surface area (Å²) in [5.74, 6) is -1.29. The van der Waals surface area contributed by atoms with Gasteiger partial charge in [-0.3, -0.25) is 14.9 Å². The number of hydrogen-bond acceptors (Lipinski definition) is 3. The molecular formula is C14H11FN2O3. The molecule has 5 nitrogen and oxygen atoms in total.